The van der Waals surface area contributed by atoms with E-state index in [0.717, 1.165) is 16.7 Å². The molecule has 0 atom stereocenters. The van der Waals surface area contributed by atoms with Crippen molar-refractivity contribution in [2.24, 2.45) is 0 Å². The van der Waals surface area contributed by atoms with Crippen molar-refractivity contribution in [3.8, 4) is 17.2 Å². The molecule has 2 aliphatic rings. The van der Waals surface area contributed by atoms with Crippen molar-refractivity contribution < 1.29 is 15.3 Å². The summed E-state index contributed by atoms with van der Waals surface area (Å²) in [6, 6.07) is 19.3. The second-order valence-corrected chi connectivity index (χ2v) is 10.3. The topological polar surface area (TPSA) is 60.7 Å². The monoisotopic (exact) mass is 456 g/mol. The first-order chi connectivity index (χ1) is 16.6. The SMILES string of the molecule is Oc1ccc(C(c2cc(C3CCCCC3)ccc2O)c2cc(C3CCCCC3)ccc2O)cc1. The van der Waals surface area contributed by atoms with E-state index in [2.05, 4.69) is 24.3 Å². The standard InChI is InChI=1S/C31H36O3/c32-26-15-11-23(12-16-26)31(27-19-24(13-17-29(27)33)21-7-3-1-4-8-21)28-20-25(14-18-30(28)34)22-9-5-2-6-10-22/h11-22,31-34H,1-10H2. The molecule has 3 N–H and O–H groups in total. The third-order valence-electron chi connectivity index (χ3n) is 8.10. The fourth-order valence-electron chi connectivity index (χ4n) is 6.18. The van der Waals surface area contributed by atoms with Crippen molar-refractivity contribution in [2.75, 3.05) is 0 Å². The molecule has 0 unspecified atom stereocenters. The number of benzene rings is 3. The van der Waals surface area contributed by atoms with E-state index in [1.807, 2.05) is 24.3 Å². The molecule has 34 heavy (non-hydrogen) atoms. The van der Waals surface area contributed by atoms with E-state index in [4.69, 9.17) is 0 Å². The second-order valence-electron chi connectivity index (χ2n) is 10.3. The van der Waals surface area contributed by atoms with E-state index in [0.29, 0.717) is 11.8 Å². The Balaban J connectivity index is 1.62. The predicted octanol–water partition coefficient (Wildman–Crippen LogP) is 8.08. The molecule has 0 aliphatic heterocycles. The third-order valence-corrected chi connectivity index (χ3v) is 8.10. The molecule has 0 bridgehead atoms. The molecule has 3 heteroatoms. The van der Waals surface area contributed by atoms with Crippen molar-refractivity contribution in [3.63, 3.8) is 0 Å². The predicted molar refractivity (Wildman–Crippen MR) is 137 cm³/mol. The lowest BCUT2D eigenvalue weighted by atomic mass is 9.78. The maximum absolute atomic E-state index is 11.1. The van der Waals surface area contributed by atoms with Gasteiger partial charge >= 0.3 is 0 Å². The first-order valence-electron chi connectivity index (χ1n) is 13.0. The van der Waals surface area contributed by atoms with Crippen molar-refractivity contribution in [1.82, 2.24) is 0 Å². The lowest BCUT2D eigenvalue weighted by molar-refractivity contribution is 0.438. The molecule has 178 valence electrons. The van der Waals surface area contributed by atoms with Gasteiger partial charge in [0.1, 0.15) is 17.2 Å². The van der Waals surface area contributed by atoms with Gasteiger partial charge in [-0.25, -0.2) is 0 Å². The van der Waals surface area contributed by atoms with Crippen molar-refractivity contribution >= 4 is 0 Å². The van der Waals surface area contributed by atoms with Crippen LogP contribution in [-0.2, 0) is 0 Å². The Morgan fingerprint density at radius 2 is 0.971 bits per heavy atom. The van der Waals surface area contributed by atoms with Crippen LogP contribution in [0.2, 0.25) is 0 Å². The maximum Gasteiger partial charge on any atom is 0.119 e. The zero-order valence-electron chi connectivity index (χ0n) is 19.9. The van der Waals surface area contributed by atoms with E-state index in [9.17, 15) is 15.3 Å². The van der Waals surface area contributed by atoms with Crippen molar-refractivity contribution in [2.45, 2.75) is 82.0 Å². The maximum atomic E-state index is 11.1. The quantitative estimate of drug-likeness (QED) is 0.340. The lowest BCUT2D eigenvalue weighted by Crippen LogP contribution is -2.10. The summed E-state index contributed by atoms with van der Waals surface area (Å²) in [5.41, 5.74) is 5.15. The number of hydrogen-bond donors (Lipinski definition) is 3. The number of phenols is 3. The van der Waals surface area contributed by atoms with Crippen LogP contribution >= 0.6 is 0 Å². The van der Waals surface area contributed by atoms with Crippen LogP contribution in [0.25, 0.3) is 0 Å². The summed E-state index contributed by atoms with van der Waals surface area (Å²) in [5.74, 6) is 1.45. The van der Waals surface area contributed by atoms with Gasteiger partial charge in [0.25, 0.3) is 0 Å². The molecular weight excluding hydrogens is 420 g/mol. The molecule has 0 heterocycles. The highest BCUT2D eigenvalue weighted by Gasteiger charge is 2.27. The Hall–Kier alpha value is -2.94. The van der Waals surface area contributed by atoms with Gasteiger partial charge in [0.15, 0.2) is 0 Å². The number of aromatic hydroxyl groups is 3. The highest BCUT2D eigenvalue weighted by Crippen LogP contribution is 2.45. The Morgan fingerprint density at radius 3 is 1.41 bits per heavy atom. The Kier molecular flexibility index (Phi) is 6.80. The summed E-state index contributed by atoms with van der Waals surface area (Å²) in [7, 11) is 0. The van der Waals surface area contributed by atoms with Crippen LogP contribution in [0.3, 0.4) is 0 Å². The lowest BCUT2D eigenvalue weighted by Gasteiger charge is -2.27. The zero-order chi connectivity index (χ0) is 23.5. The summed E-state index contributed by atoms with van der Waals surface area (Å²) in [6.07, 6.45) is 12.4. The van der Waals surface area contributed by atoms with Crippen LogP contribution in [0.4, 0.5) is 0 Å². The van der Waals surface area contributed by atoms with Gasteiger partial charge in [0.2, 0.25) is 0 Å². The summed E-state index contributed by atoms with van der Waals surface area (Å²) in [4.78, 5) is 0. The molecule has 0 amide bonds. The molecule has 3 aromatic carbocycles. The van der Waals surface area contributed by atoms with Gasteiger partial charge in [-0.05, 0) is 78.5 Å². The van der Waals surface area contributed by atoms with Gasteiger partial charge in [0, 0.05) is 17.0 Å². The minimum Gasteiger partial charge on any atom is -0.508 e. The van der Waals surface area contributed by atoms with Crippen LogP contribution in [0.1, 0.15) is 110 Å². The average molecular weight is 457 g/mol. The summed E-state index contributed by atoms with van der Waals surface area (Å²) >= 11 is 0. The average Bonchev–Trinajstić information content (AvgIpc) is 2.88. The van der Waals surface area contributed by atoms with Gasteiger partial charge in [-0.1, -0.05) is 74.9 Å². The highest BCUT2D eigenvalue weighted by atomic mass is 16.3. The van der Waals surface area contributed by atoms with E-state index in [-0.39, 0.29) is 23.2 Å². The molecule has 5 rings (SSSR count). The smallest absolute Gasteiger partial charge is 0.119 e. The molecule has 3 aromatic rings. The van der Waals surface area contributed by atoms with Crippen LogP contribution in [0, 0.1) is 0 Å². The van der Waals surface area contributed by atoms with E-state index in [1.165, 1.54) is 75.3 Å². The van der Waals surface area contributed by atoms with Crippen LogP contribution in [0.15, 0.2) is 60.7 Å². The van der Waals surface area contributed by atoms with Gasteiger partial charge in [0.05, 0.1) is 0 Å². The molecule has 0 radical (unpaired) electrons. The number of rotatable bonds is 5. The molecule has 0 aromatic heterocycles. The Labute approximate surface area is 203 Å². The number of hydrogen-bond acceptors (Lipinski definition) is 3. The normalized spacial score (nSPS) is 17.8. The zero-order valence-corrected chi connectivity index (χ0v) is 19.9. The second kappa shape index (κ2) is 10.1. The van der Waals surface area contributed by atoms with Gasteiger partial charge in [-0.3, -0.25) is 0 Å². The third kappa shape index (κ3) is 4.80. The fraction of sp³-hybridized carbons (Fsp3) is 0.419. The minimum atomic E-state index is -0.312. The first kappa shape index (κ1) is 22.8. The molecule has 0 saturated heterocycles. The largest absolute Gasteiger partial charge is 0.508 e. The van der Waals surface area contributed by atoms with Gasteiger partial charge < -0.3 is 15.3 Å². The van der Waals surface area contributed by atoms with E-state index in [1.54, 1.807) is 12.1 Å². The Bertz CT molecular complexity index is 1040. The van der Waals surface area contributed by atoms with Crippen molar-refractivity contribution in [3.05, 3.63) is 88.5 Å². The van der Waals surface area contributed by atoms with E-state index >= 15 is 0 Å². The van der Waals surface area contributed by atoms with Crippen LogP contribution in [-0.4, -0.2) is 15.3 Å². The van der Waals surface area contributed by atoms with Crippen molar-refractivity contribution in [1.29, 1.82) is 0 Å². The molecule has 3 nitrogen and oxygen atoms in total. The van der Waals surface area contributed by atoms with Gasteiger partial charge in [-0.15, -0.1) is 0 Å². The fourth-order valence-corrected chi connectivity index (χ4v) is 6.18. The number of phenolic OH excluding ortho intramolecular Hbond substituents is 3. The van der Waals surface area contributed by atoms with Crippen LogP contribution < -0.4 is 0 Å². The van der Waals surface area contributed by atoms with Gasteiger partial charge in [-0.2, -0.15) is 0 Å². The first-order valence-corrected chi connectivity index (χ1v) is 13.0. The molecule has 0 spiro atoms. The summed E-state index contributed by atoms with van der Waals surface area (Å²) in [6.45, 7) is 0. The molecular formula is C31H36O3. The summed E-state index contributed by atoms with van der Waals surface area (Å²) < 4.78 is 0. The Morgan fingerprint density at radius 1 is 0.529 bits per heavy atom. The molecule has 2 aliphatic carbocycles. The minimum absolute atomic E-state index is 0.211. The molecule has 2 saturated carbocycles. The van der Waals surface area contributed by atoms with Crippen LogP contribution in [0.5, 0.6) is 17.2 Å². The summed E-state index contributed by atoms with van der Waals surface area (Å²) in [5, 5.41) is 32.0. The van der Waals surface area contributed by atoms with E-state index < -0.39 is 0 Å². The molecule has 2 fully saturated rings. The highest BCUT2D eigenvalue weighted by molar-refractivity contribution is 5.55.